The molecule has 0 aliphatic heterocycles. The van der Waals surface area contributed by atoms with Gasteiger partial charge in [-0.05, 0) is 42.5 Å². The number of anilines is 2. The molecule has 32 heavy (non-hydrogen) atoms. The fourth-order valence-corrected chi connectivity index (χ4v) is 2.82. The summed E-state index contributed by atoms with van der Waals surface area (Å²) in [6.45, 7) is 0. The van der Waals surface area contributed by atoms with E-state index in [9.17, 15) is 14.4 Å². The van der Waals surface area contributed by atoms with E-state index in [1.54, 1.807) is 18.2 Å². The molecule has 156 valence electrons. The van der Waals surface area contributed by atoms with Crippen LogP contribution in [0.15, 0.2) is 72.8 Å². The minimum absolute atomic E-state index is 0.148. The number of ketones is 1. The van der Waals surface area contributed by atoms with Gasteiger partial charge in [0, 0.05) is 16.7 Å². The normalized spacial score (nSPS) is 9.59. The molecule has 0 spiro atoms. The van der Waals surface area contributed by atoms with Crippen LogP contribution in [0.3, 0.4) is 0 Å². The number of nitriles is 1. The maximum Gasteiger partial charge on any atom is 0.409 e. The fraction of sp³-hybridized carbons (Fsp3) is 0.0400. The lowest BCUT2D eigenvalue weighted by atomic mass is 10.1. The average Bonchev–Trinajstić information content (AvgIpc) is 2.79. The molecular weight excluding hydrogens is 406 g/mol. The topological polar surface area (TPSA) is 119 Å². The van der Waals surface area contributed by atoms with Gasteiger partial charge in [0.2, 0.25) is 5.91 Å². The van der Waals surface area contributed by atoms with E-state index >= 15 is 0 Å². The Hall–Kier alpha value is -4.88. The summed E-state index contributed by atoms with van der Waals surface area (Å²) in [5.74, 6) is 4.86. The third-order valence-electron chi connectivity index (χ3n) is 4.29. The number of amides is 2. The summed E-state index contributed by atoms with van der Waals surface area (Å²) in [6.07, 6.45) is -1.77. The van der Waals surface area contributed by atoms with Crippen molar-refractivity contribution in [2.45, 2.75) is 6.42 Å². The van der Waals surface area contributed by atoms with Crippen molar-refractivity contribution in [2.75, 3.05) is 10.6 Å². The fourth-order valence-electron chi connectivity index (χ4n) is 2.82. The van der Waals surface area contributed by atoms with Gasteiger partial charge in [0.1, 0.15) is 0 Å². The summed E-state index contributed by atoms with van der Waals surface area (Å²) in [6, 6.07) is 21.9. The molecule has 0 saturated carbocycles. The Kier molecular flexibility index (Phi) is 6.98. The highest BCUT2D eigenvalue weighted by Crippen LogP contribution is 2.24. The molecule has 0 saturated heterocycles. The van der Waals surface area contributed by atoms with Gasteiger partial charge in [0.25, 0.3) is 0 Å². The molecule has 0 fully saturated rings. The molecule has 7 nitrogen and oxygen atoms in total. The van der Waals surface area contributed by atoms with Gasteiger partial charge in [-0.25, -0.2) is 4.79 Å². The smallest absolute Gasteiger partial charge is 0.409 e. The average molecular weight is 423 g/mol. The highest BCUT2D eigenvalue weighted by Gasteiger charge is 2.15. The largest absolute Gasteiger partial charge is 0.465 e. The summed E-state index contributed by atoms with van der Waals surface area (Å²) in [4.78, 5) is 36.0. The molecule has 0 aliphatic rings. The Labute approximate surface area is 184 Å². The highest BCUT2D eigenvalue weighted by atomic mass is 16.4. The van der Waals surface area contributed by atoms with Crippen LogP contribution >= 0.6 is 0 Å². The Morgan fingerprint density at radius 1 is 0.781 bits per heavy atom. The van der Waals surface area contributed by atoms with E-state index in [1.165, 1.54) is 24.3 Å². The van der Waals surface area contributed by atoms with Gasteiger partial charge in [-0.2, -0.15) is 5.26 Å². The minimum Gasteiger partial charge on any atom is -0.465 e. The zero-order valence-corrected chi connectivity index (χ0v) is 16.8. The van der Waals surface area contributed by atoms with E-state index in [2.05, 4.69) is 22.5 Å². The summed E-state index contributed by atoms with van der Waals surface area (Å²) in [7, 11) is 0. The molecule has 7 heteroatoms. The quantitative estimate of drug-likeness (QED) is 0.322. The number of benzene rings is 3. The van der Waals surface area contributed by atoms with Crippen LogP contribution in [0, 0.1) is 23.2 Å². The second-order valence-electron chi connectivity index (χ2n) is 6.65. The molecule has 0 atom stereocenters. The molecule has 0 bridgehead atoms. The van der Waals surface area contributed by atoms with Crippen LogP contribution in [0.1, 0.15) is 33.5 Å². The summed E-state index contributed by atoms with van der Waals surface area (Å²) >= 11 is 0. The first-order chi connectivity index (χ1) is 15.4. The van der Waals surface area contributed by atoms with Crippen molar-refractivity contribution in [1.29, 1.82) is 5.26 Å². The second kappa shape index (κ2) is 10.2. The number of Topliss-reactive ketones (excluding diaryl/α,β-unsaturated/α-hetero) is 1. The number of nitrogens with one attached hydrogen (secondary N) is 2. The number of nitrogens with zero attached hydrogens (tertiary/aromatic N) is 1. The lowest BCUT2D eigenvalue weighted by molar-refractivity contribution is -0.115. The van der Waals surface area contributed by atoms with Gasteiger partial charge < -0.3 is 10.4 Å². The first kappa shape index (κ1) is 21.8. The molecule has 0 radical (unpaired) electrons. The Morgan fingerprint density at radius 2 is 1.50 bits per heavy atom. The van der Waals surface area contributed by atoms with Crippen LogP contribution in [0.5, 0.6) is 0 Å². The molecule has 3 aromatic carbocycles. The van der Waals surface area contributed by atoms with E-state index < -0.39 is 24.2 Å². The molecule has 0 aliphatic carbocycles. The van der Waals surface area contributed by atoms with E-state index in [0.29, 0.717) is 11.1 Å². The Bertz CT molecular complexity index is 1280. The lowest BCUT2D eigenvalue weighted by Gasteiger charge is -2.11. The van der Waals surface area contributed by atoms with Gasteiger partial charge in [0.15, 0.2) is 5.78 Å². The SMILES string of the molecule is N#Cc1cccc(C(=O)CC(=O)Nc2cc(C#Cc3ccccc3)ccc2NC(=O)O)c1. The number of carboxylic acid groups (broad SMARTS) is 1. The first-order valence-electron chi connectivity index (χ1n) is 9.49. The van der Waals surface area contributed by atoms with Crippen molar-refractivity contribution in [3.05, 3.63) is 95.1 Å². The number of hydrogen-bond donors (Lipinski definition) is 3. The van der Waals surface area contributed by atoms with Crippen LogP contribution in [0.25, 0.3) is 0 Å². The van der Waals surface area contributed by atoms with Crippen LogP contribution in [-0.2, 0) is 4.79 Å². The number of carbonyl (C=O) groups is 3. The summed E-state index contributed by atoms with van der Waals surface area (Å²) in [5.41, 5.74) is 2.23. The Morgan fingerprint density at radius 3 is 2.22 bits per heavy atom. The number of rotatable bonds is 5. The van der Waals surface area contributed by atoms with E-state index in [4.69, 9.17) is 10.4 Å². The van der Waals surface area contributed by atoms with Crippen LogP contribution in [-0.4, -0.2) is 22.9 Å². The van der Waals surface area contributed by atoms with Gasteiger partial charge in [-0.15, -0.1) is 0 Å². The van der Waals surface area contributed by atoms with E-state index in [0.717, 1.165) is 5.56 Å². The number of hydrogen-bond acceptors (Lipinski definition) is 4. The minimum atomic E-state index is -1.30. The molecular formula is C25H17N3O4. The van der Waals surface area contributed by atoms with Crippen molar-refractivity contribution in [3.8, 4) is 17.9 Å². The van der Waals surface area contributed by atoms with Crippen molar-refractivity contribution in [3.63, 3.8) is 0 Å². The van der Waals surface area contributed by atoms with Crippen LogP contribution in [0.2, 0.25) is 0 Å². The molecule has 0 aromatic heterocycles. The van der Waals surface area contributed by atoms with Crippen LogP contribution < -0.4 is 10.6 Å². The van der Waals surface area contributed by atoms with Crippen molar-refractivity contribution < 1.29 is 19.5 Å². The number of carbonyl (C=O) groups excluding carboxylic acids is 2. The van der Waals surface area contributed by atoms with Gasteiger partial charge in [-0.1, -0.05) is 42.2 Å². The maximum absolute atomic E-state index is 12.5. The Balaban J connectivity index is 1.80. The third kappa shape index (κ3) is 6.06. The van der Waals surface area contributed by atoms with Crippen molar-refractivity contribution >= 4 is 29.2 Å². The monoisotopic (exact) mass is 423 g/mol. The van der Waals surface area contributed by atoms with E-state index in [1.807, 2.05) is 36.4 Å². The van der Waals surface area contributed by atoms with Gasteiger partial charge in [0.05, 0.1) is 29.4 Å². The summed E-state index contributed by atoms with van der Waals surface area (Å²) in [5, 5.41) is 22.8. The highest BCUT2D eigenvalue weighted by molar-refractivity contribution is 6.12. The maximum atomic E-state index is 12.5. The predicted octanol–water partition coefficient (Wildman–Crippen LogP) is 4.26. The third-order valence-corrected chi connectivity index (χ3v) is 4.29. The molecule has 0 heterocycles. The van der Waals surface area contributed by atoms with Gasteiger partial charge >= 0.3 is 6.09 Å². The van der Waals surface area contributed by atoms with Gasteiger partial charge in [-0.3, -0.25) is 14.9 Å². The first-order valence-corrected chi connectivity index (χ1v) is 9.49. The van der Waals surface area contributed by atoms with Crippen molar-refractivity contribution in [1.82, 2.24) is 0 Å². The summed E-state index contributed by atoms with van der Waals surface area (Å²) < 4.78 is 0. The molecule has 3 N–H and O–H groups in total. The standard InChI is InChI=1S/C25H17N3O4/c26-16-19-7-4-8-20(13-19)23(29)15-24(30)27-22-14-18(11-12-21(22)28-25(31)32)10-9-17-5-2-1-3-6-17/h1-8,11-14,28H,15H2,(H,27,30)(H,31,32). The lowest BCUT2D eigenvalue weighted by Crippen LogP contribution is -2.18. The zero-order chi connectivity index (χ0) is 22.9. The molecule has 0 unspecified atom stereocenters. The molecule has 2 amide bonds. The second-order valence-corrected chi connectivity index (χ2v) is 6.65. The zero-order valence-electron chi connectivity index (χ0n) is 16.8. The van der Waals surface area contributed by atoms with E-state index in [-0.39, 0.29) is 16.9 Å². The predicted molar refractivity (Wildman–Crippen MR) is 119 cm³/mol. The molecule has 3 rings (SSSR count). The van der Waals surface area contributed by atoms with Crippen LogP contribution in [0.4, 0.5) is 16.2 Å². The molecule has 3 aromatic rings. The van der Waals surface area contributed by atoms with Crippen molar-refractivity contribution in [2.24, 2.45) is 0 Å².